The summed E-state index contributed by atoms with van der Waals surface area (Å²) < 4.78 is 21.5. The molecule has 7 heteroatoms. The molecule has 0 amide bonds. The van der Waals surface area contributed by atoms with E-state index in [4.69, 9.17) is 18.9 Å². The number of hydrogen-bond acceptors (Lipinski definition) is 6. The number of carbonyl (C=O) groups excluding carboxylic acids is 1. The first-order chi connectivity index (χ1) is 13.0. The summed E-state index contributed by atoms with van der Waals surface area (Å²) in [7, 11) is 6.39. The van der Waals surface area contributed by atoms with E-state index in [1.807, 2.05) is 37.4 Å². The van der Waals surface area contributed by atoms with Crippen molar-refractivity contribution in [3.05, 3.63) is 53.6 Å². The summed E-state index contributed by atoms with van der Waals surface area (Å²) in [5.41, 5.74) is 0.934. The third-order valence-electron chi connectivity index (χ3n) is 4.76. The first kappa shape index (κ1) is 23.6. The maximum absolute atomic E-state index is 12.7. The zero-order valence-corrected chi connectivity index (χ0v) is 17.7. The van der Waals surface area contributed by atoms with Crippen molar-refractivity contribution in [2.45, 2.75) is 18.9 Å². The van der Waals surface area contributed by atoms with E-state index in [1.165, 1.54) is 21.3 Å². The SMILES string of the molecule is CC[C@@](COC(=O)c1cc(OC)c(OC)c(OC)c1)(NC)c1ccccc1.Cl. The molecule has 0 heterocycles. The molecule has 2 aromatic carbocycles. The zero-order chi connectivity index (χ0) is 19.9. The van der Waals surface area contributed by atoms with Crippen LogP contribution in [0.25, 0.3) is 0 Å². The van der Waals surface area contributed by atoms with E-state index in [1.54, 1.807) is 12.1 Å². The first-order valence-corrected chi connectivity index (χ1v) is 8.76. The van der Waals surface area contributed by atoms with Crippen molar-refractivity contribution >= 4 is 18.4 Å². The van der Waals surface area contributed by atoms with Crippen LogP contribution in [0, 0.1) is 0 Å². The van der Waals surface area contributed by atoms with Crippen LogP contribution in [0.15, 0.2) is 42.5 Å². The van der Waals surface area contributed by atoms with Crippen LogP contribution >= 0.6 is 12.4 Å². The lowest BCUT2D eigenvalue weighted by Crippen LogP contribution is -2.44. The molecular formula is C21H28ClNO5. The lowest BCUT2D eigenvalue weighted by atomic mass is 9.88. The van der Waals surface area contributed by atoms with Crippen LogP contribution < -0.4 is 19.5 Å². The van der Waals surface area contributed by atoms with Gasteiger partial charge in [0, 0.05) is 0 Å². The van der Waals surface area contributed by atoms with Gasteiger partial charge in [-0.2, -0.15) is 0 Å². The number of ether oxygens (including phenoxy) is 4. The van der Waals surface area contributed by atoms with Crippen LogP contribution in [0.5, 0.6) is 17.2 Å². The van der Waals surface area contributed by atoms with E-state index in [0.717, 1.165) is 12.0 Å². The minimum absolute atomic E-state index is 0. The molecule has 0 fully saturated rings. The van der Waals surface area contributed by atoms with Crippen molar-refractivity contribution in [3.8, 4) is 17.2 Å². The molecule has 2 rings (SSSR count). The average molecular weight is 410 g/mol. The third kappa shape index (κ3) is 4.88. The van der Waals surface area contributed by atoms with Gasteiger partial charge < -0.3 is 24.3 Å². The first-order valence-electron chi connectivity index (χ1n) is 8.76. The topological polar surface area (TPSA) is 66.0 Å². The van der Waals surface area contributed by atoms with Gasteiger partial charge in [-0.15, -0.1) is 12.4 Å². The van der Waals surface area contributed by atoms with E-state index in [-0.39, 0.29) is 19.0 Å². The number of likely N-dealkylation sites (N-methyl/N-ethyl adjacent to an activating group) is 1. The molecule has 1 N–H and O–H groups in total. The molecular weight excluding hydrogens is 382 g/mol. The van der Waals surface area contributed by atoms with Gasteiger partial charge in [0.05, 0.1) is 32.4 Å². The van der Waals surface area contributed by atoms with Crippen molar-refractivity contribution in [1.82, 2.24) is 5.32 Å². The summed E-state index contributed by atoms with van der Waals surface area (Å²) in [5, 5.41) is 3.31. The smallest absolute Gasteiger partial charge is 0.338 e. The molecule has 0 aliphatic heterocycles. The van der Waals surface area contributed by atoms with Crippen LogP contribution in [0.3, 0.4) is 0 Å². The minimum Gasteiger partial charge on any atom is -0.493 e. The second-order valence-corrected chi connectivity index (χ2v) is 6.04. The summed E-state index contributed by atoms with van der Waals surface area (Å²) >= 11 is 0. The van der Waals surface area contributed by atoms with Crippen molar-refractivity contribution < 1.29 is 23.7 Å². The molecule has 0 radical (unpaired) electrons. The van der Waals surface area contributed by atoms with Gasteiger partial charge in [0.15, 0.2) is 11.5 Å². The van der Waals surface area contributed by atoms with Crippen LogP contribution in [0.2, 0.25) is 0 Å². The van der Waals surface area contributed by atoms with Crippen molar-refractivity contribution in [1.29, 1.82) is 0 Å². The standard InChI is InChI=1S/C21H27NO5.ClH/c1-6-21(22-2,16-10-8-7-9-11-16)14-27-20(23)15-12-17(24-3)19(26-5)18(13-15)25-4;/h7-13,22H,6,14H2,1-5H3;1H/t21-;/m0./s1. The predicted octanol–water partition coefficient (Wildman–Crippen LogP) is 3.82. The summed E-state index contributed by atoms with van der Waals surface area (Å²) in [5.74, 6) is 0.779. The summed E-state index contributed by atoms with van der Waals surface area (Å²) in [4.78, 5) is 12.7. The number of benzene rings is 2. The summed E-state index contributed by atoms with van der Waals surface area (Å²) in [6.07, 6.45) is 0.760. The van der Waals surface area contributed by atoms with Gasteiger partial charge in [0.2, 0.25) is 5.75 Å². The normalized spacial score (nSPS) is 12.3. The Kier molecular flexibility index (Phi) is 9.09. The van der Waals surface area contributed by atoms with Gasteiger partial charge in [-0.3, -0.25) is 0 Å². The second kappa shape index (κ2) is 10.8. The quantitative estimate of drug-likeness (QED) is 0.635. The van der Waals surface area contributed by atoms with Gasteiger partial charge in [0.25, 0.3) is 0 Å². The van der Waals surface area contributed by atoms with Gasteiger partial charge in [-0.25, -0.2) is 4.79 Å². The molecule has 154 valence electrons. The predicted molar refractivity (Wildman–Crippen MR) is 111 cm³/mol. The number of esters is 1. The summed E-state index contributed by atoms with van der Waals surface area (Å²) in [6, 6.07) is 13.1. The number of rotatable bonds is 9. The molecule has 1 atom stereocenters. The van der Waals surface area contributed by atoms with Crippen LogP contribution in [0.4, 0.5) is 0 Å². The van der Waals surface area contributed by atoms with E-state index in [2.05, 4.69) is 12.2 Å². The average Bonchev–Trinajstić information content (AvgIpc) is 2.74. The molecule has 28 heavy (non-hydrogen) atoms. The Morgan fingerprint density at radius 3 is 2.00 bits per heavy atom. The second-order valence-electron chi connectivity index (χ2n) is 6.04. The zero-order valence-electron chi connectivity index (χ0n) is 16.9. The molecule has 0 aliphatic rings. The number of nitrogens with one attached hydrogen (secondary N) is 1. The van der Waals surface area contributed by atoms with E-state index < -0.39 is 11.5 Å². The lowest BCUT2D eigenvalue weighted by Gasteiger charge is -2.32. The Morgan fingerprint density at radius 1 is 1.00 bits per heavy atom. The largest absolute Gasteiger partial charge is 0.493 e. The Bertz CT molecular complexity index is 738. The van der Waals surface area contributed by atoms with Gasteiger partial charge >= 0.3 is 5.97 Å². The number of methoxy groups -OCH3 is 3. The summed E-state index contributed by atoms with van der Waals surface area (Å²) in [6.45, 7) is 2.25. The fraction of sp³-hybridized carbons (Fsp3) is 0.381. The van der Waals surface area contributed by atoms with E-state index >= 15 is 0 Å². The number of halogens is 1. The number of carbonyl (C=O) groups is 1. The van der Waals surface area contributed by atoms with Crippen LogP contribution in [-0.2, 0) is 10.3 Å². The van der Waals surface area contributed by atoms with Gasteiger partial charge in [-0.05, 0) is 31.2 Å². The van der Waals surface area contributed by atoms with Crippen molar-refractivity contribution in [2.24, 2.45) is 0 Å². The van der Waals surface area contributed by atoms with Crippen molar-refractivity contribution in [2.75, 3.05) is 35.0 Å². The lowest BCUT2D eigenvalue weighted by molar-refractivity contribution is 0.0360. The highest BCUT2D eigenvalue weighted by molar-refractivity contribution is 5.91. The Hall–Kier alpha value is -2.44. The fourth-order valence-electron chi connectivity index (χ4n) is 3.01. The molecule has 0 aliphatic carbocycles. The molecule has 2 aromatic rings. The highest BCUT2D eigenvalue weighted by Crippen LogP contribution is 2.38. The maximum atomic E-state index is 12.7. The monoisotopic (exact) mass is 409 g/mol. The molecule has 0 aromatic heterocycles. The van der Waals surface area contributed by atoms with E-state index in [9.17, 15) is 4.79 Å². The minimum atomic E-state index is -0.461. The van der Waals surface area contributed by atoms with Crippen LogP contribution in [0.1, 0.15) is 29.3 Å². The fourth-order valence-corrected chi connectivity index (χ4v) is 3.01. The Labute approximate surface area is 172 Å². The number of hydrogen-bond donors (Lipinski definition) is 1. The highest BCUT2D eigenvalue weighted by Gasteiger charge is 2.30. The molecule has 0 unspecified atom stereocenters. The third-order valence-corrected chi connectivity index (χ3v) is 4.76. The Balaban J connectivity index is 0.00000392. The van der Waals surface area contributed by atoms with Gasteiger partial charge in [0.1, 0.15) is 6.61 Å². The van der Waals surface area contributed by atoms with E-state index in [0.29, 0.717) is 22.8 Å². The van der Waals surface area contributed by atoms with Gasteiger partial charge in [-0.1, -0.05) is 37.3 Å². The molecule has 0 saturated heterocycles. The van der Waals surface area contributed by atoms with Crippen LogP contribution in [-0.4, -0.2) is 41.0 Å². The molecule has 0 bridgehead atoms. The molecule has 6 nitrogen and oxygen atoms in total. The molecule has 0 saturated carbocycles. The van der Waals surface area contributed by atoms with Crippen molar-refractivity contribution in [3.63, 3.8) is 0 Å². The maximum Gasteiger partial charge on any atom is 0.338 e. The molecule has 0 spiro atoms. The Morgan fingerprint density at radius 2 is 1.57 bits per heavy atom. The highest BCUT2D eigenvalue weighted by atomic mass is 35.5.